The van der Waals surface area contributed by atoms with Crippen LogP contribution < -0.4 is 5.73 Å². The molecule has 7 heteroatoms. The molecule has 0 unspecified atom stereocenters. The first kappa shape index (κ1) is 20.6. The summed E-state index contributed by atoms with van der Waals surface area (Å²) in [4.78, 5) is 13.2. The Morgan fingerprint density at radius 3 is 2.72 bits per heavy atom. The minimum Gasteiger partial charge on any atom is -0.368 e. The SMILES string of the molecule is CN1CCN(CC2=CC=C(/C=C/c3n[nH]c4cc(-c5ccnc(N)n5)ccc34)CC2)CC1. The largest absolute Gasteiger partial charge is 0.368 e. The van der Waals surface area contributed by atoms with E-state index in [-0.39, 0.29) is 5.95 Å². The van der Waals surface area contributed by atoms with Crippen LogP contribution in [0.15, 0.2) is 59.8 Å². The van der Waals surface area contributed by atoms with Crippen molar-refractivity contribution in [2.24, 2.45) is 0 Å². The number of hydrogen-bond acceptors (Lipinski definition) is 6. The van der Waals surface area contributed by atoms with Crippen LogP contribution in [-0.2, 0) is 0 Å². The number of nitrogens with two attached hydrogens (primary N) is 1. The molecule has 1 aliphatic heterocycles. The van der Waals surface area contributed by atoms with Crippen molar-refractivity contribution in [2.75, 3.05) is 45.5 Å². The summed E-state index contributed by atoms with van der Waals surface area (Å²) in [6.07, 6.45) is 12.8. The van der Waals surface area contributed by atoms with E-state index in [4.69, 9.17) is 5.73 Å². The van der Waals surface area contributed by atoms with Crippen LogP contribution in [0.5, 0.6) is 0 Å². The highest BCUT2D eigenvalue weighted by Crippen LogP contribution is 2.26. The molecule has 0 bridgehead atoms. The number of H-pyrrole nitrogens is 1. The van der Waals surface area contributed by atoms with E-state index in [9.17, 15) is 0 Å². The molecule has 7 nitrogen and oxygen atoms in total. The minimum absolute atomic E-state index is 0.275. The van der Waals surface area contributed by atoms with E-state index >= 15 is 0 Å². The quantitative estimate of drug-likeness (QED) is 0.648. The molecule has 0 amide bonds. The predicted molar refractivity (Wildman–Crippen MR) is 130 cm³/mol. The van der Waals surface area contributed by atoms with Crippen molar-refractivity contribution in [3.8, 4) is 11.3 Å². The number of nitrogens with one attached hydrogen (secondary N) is 1. The molecule has 32 heavy (non-hydrogen) atoms. The number of rotatable bonds is 5. The number of anilines is 1. The van der Waals surface area contributed by atoms with Gasteiger partial charge >= 0.3 is 0 Å². The average molecular weight is 428 g/mol. The number of nitrogens with zero attached hydrogens (tertiary/aromatic N) is 5. The molecule has 0 spiro atoms. The van der Waals surface area contributed by atoms with Crippen molar-refractivity contribution in [3.05, 3.63) is 65.5 Å². The van der Waals surface area contributed by atoms with Crippen LogP contribution in [0.4, 0.5) is 5.95 Å². The number of aromatic nitrogens is 4. The number of piperazine rings is 1. The standard InChI is InChI=1S/C25H29N7/c1-31-12-14-32(15-13-31)17-19-4-2-18(3-5-19)6-9-23-21-8-7-20(16-24(21)30-29-23)22-10-11-27-25(26)28-22/h2,4,6-11,16H,3,5,12-15,17H2,1H3,(H,29,30)(H2,26,27,28)/b9-6+. The molecular formula is C25H29N7. The van der Waals surface area contributed by atoms with Crippen LogP contribution in [0.25, 0.3) is 28.2 Å². The lowest BCUT2D eigenvalue weighted by molar-refractivity contribution is 0.163. The van der Waals surface area contributed by atoms with Gasteiger partial charge in [-0.2, -0.15) is 5.10 Å². The van der Waals surface area contributed by atoms with Gasteiger partial charge in [-0.25, -0.2) is 9.97 Å². The maximum Gasteiger partial charge on any atom is 0.220 e. The summed E-state index contributed by atoms with van der Waals surface area (Å²) in [5.41, 5.74) is 12.3. The molecule has 3 N–H and O–H groups in total. The van der Waals surface area contributed by atoms with Crippen molar-refractivity contribution in [1.29, 1.82) is 0 Å². The number of allylic oxidation sites excluding steroid dienone is 4. The summed E-state index contributed by atoms with van der Waals surface area (Å²) in [7, 11) is 2.20. The number of aromatic amines is 1. The van der Waals surface area contributed by atoms with Crippen molar-refractivity contribution >= 4 is 22.9 Å². The third kappa shape index (κ3) is 4.64. The molecule has 2 aromatic heterocycles. The smallest absolute Gasteiger partial charge is 0.220 e. The van der Waals surface area contributed by atoms with Crippen LogP contribution in [0.3, 0.4) is 0 Å². The normalized spacial score (nSPS) is 18.3. The number of hydrogen-bond donors (Lipinski definition) is 2. The molecule has 5 rings (SSSR count). The van der Waals surface area contributed by atoms with Gasteiger partial charge in [0.25, 0.3) is 0 Å². The van der Waals surface area contributed by atoms with E-state index in [0.717, 1.165) is 47.2 Å². The molecule has 3 heterocycles. The summed E-state index contributed by atoms with van der Waals surface area (Å²) in [6, 6.07) is 8.03. The van der Waals surface area contributed by atoms with Gasteiger partial charge in [0.15, 0.2) is 0 Å². The van der Waals surface area contributed by atoms with E-state index in [1.54, 1.807) is 6.20 Å². The highest BCUT2D eigenvalue weighted by Gasteiger charge is 2.15. The Morgan fingerprint density at radius 2 is 1.94 bits per heavy atom. The van der Waals surface area contributed by atoms with E-state index in [2.05, 4.69) is 73.4 Å². The molecule has 3 aromatic rings. The third-order valence-corrected chi connectivity index (χ3v) is 6.31. The van der Waals surface area contributed by atoms with Gasteiger partial charge in [0.2, 0.25) is 5.95 Å². The number of likely N-dealkylation sites (N-methyl/N-ethyl adjacent to an activating group) is 1. The lowest BCUT2D eigenvalue weighted by Crippen LogP contribution is -2.45. The summed E-state index contributed by atoms with van der Waals surface area (Å²) in [5, 5.41) is 8.74. The van der Waals surface area contributed by atoms with Crippen LogP contribution in [0.1, 0.15) is 18.5 Å². The Kier molecular flexibility index (Phi) is 5.83. The van der Waals surface area contributed by atoms with Crippen LogP contribution in [0.2, 0.25) is 0 Å². The molecule has 0 saturated carbocycles. The Morgan fingerprint density at radius 1 is 1.06 bits per heavy atom. The van der Waals surface area contributed by atoms with Gasteiger partial charge in [-0.3, -0.25) is 10.00 Å². The zero-order valence-corrected chi connectivity index (χ0v) is 18.5. The molecule has 1 saturated heterocycles. The van der Waals surface area contributed by atoms with Gasteiger partial charge in [0.05, 0.1) is 16.9 Å². The van der Waals surface area contributed by atoms with Gasteiger partial charge in [-0.1, -0.05) is 29.9 Å². The molecular weight excluding hydrogens is 398 g/mol. The first-order valence-electron chi connectivity index (χ1n) is 11.2. The first-order chi connectivity index (χ1) is 15.6. The maximum atomic E-state index is 5.72. The Hall–Kier alpha value is -3.29. The second-order valence-electron chi connectivity index (χ2n) is 8.65. The number of nitrogen functional groups attached to an aromatic ring is 1. The molecule has 2 aliphatic rings. The van der Waals surface area contributed by atoms with Crippen molar-refractivity contribution < 1.29 is 0 Å². The van der Waals surface area contributed by atoms with E-state index in [1.807, 2.05) is 12.1 Å². The Bertz CT molecular complexity index is 1200. The van der Waals surface area contributed by atoms with Gasteiger partial charge in [-0.05, 0) is 49.7 Å². The van der Waals surface area contributed by atoms with E-state index in [1.165, 1.54) is 37.3 Å². The fourth-order valence-corrected chi connectivity index (χ4v) is 4.31. The number of benzene rings is 1. The highest BCUT2D eigenvalue weighted by molar-refractivity contribution is 5.90. The Labute approximate surface area is 188 Å². The maximum absolute atomic E-state index is 5.72. The predicted octanol–water partition coefficient (Wildman–Crippen LogP) is 3.51. The first-order valence-corrected chi connectivity index (χ1v) is 11.2. The fourth-order valence-electron chi connectivity index (χ4n) is 4.31. The summed E-state index contributed by atoms with van der Waals surface area (Å²) in [6.45, 7) is 5.78. The lowest BCUT2D eigenvalue weighted by Gasteiger charge is -2.33. The van der Waals surface area contributed by atoms with E-state index < -0.39 is 0 Å². The highest BCUT2D eigenvalue weighted by atomic mass is 15.2. The van der Waals surface area contributed by atoms with Crippen LogP contribution in [0, 0.1) is 0 Å². The van der Waals surface area contributed by atoms with E-state index in [0.29, 0.717) is 0 Å². The fraction of sp³-hybridized carbons (Fsp3) is 0.320. The Balaban J connectivity index is 1.27. The zero-order chi connectivity index (χ0) is 21.9. The molecule has 164 valence electrons. The monoisotopic (exact) mass is 427 g/mol. The van der Waals surface area contributed by atoms with Gasteiger partial charge in [0, 0.05) is 49.9 Å². The van der Waals surface area contributed by atoms with Gasteiger partial charge in [-0.15, -0.1) is 0 Å². The lowest BCUT2D eigenvalue weighted by atomic mass is 9.97. The van der Waals surface area contributed by atoms with Crippen molar-refractivity contribution in [3.63, 3.8) is 0 Å². The van der Waals surface area contributed by atoms with Gasteiger partial charge < -0.3 is 10.6 Å². The van der Waals surface area contributed by atoms with Crippen LogP contribution in [-0.4, -0.2) is 69.7 Å². The summed E-state index contributed by atoms with van der Waals surface area (Å²) < 4.78 is 0. The molecule has 1 aromatic carbocycles. The van der Waals surface area contributed by atoms with Crippen molar-refractivity contribution in [2.45, 2.75) is 12.8 Å². The summed E-state index contributed by atoms with van der Waals surface area (Å²) in [5.74, 6) is 0.275. The third-order valence-electron chi connectivity index (χ3n) is 6.31. The van der Waals surface area contributed by atoms with Crippen LogP contribution >= 0.6 is 0 Å². The molecule has 1 fully saturated rings. The average Bonchev–Trinajstić information content (AvgIpc) is 3.22. The molecule has 0 radical (unpaired) electrons. The summed E-state index contributed by atoms with van der Waals surface area (Å²) >= 11 is 0. The zero-order valence-electron chi connectivity index (χ0n) is 18.5. The topological polar surface area (TPSA) is 87.0 Å². The van der Waals surface area contributed by atoms with Gasteiger partial charge in [0.1, 0.15) is 0 Å². The second kappa shape index (κ2) is 9.06. The molecule has 0 atom stereocenters. The minimum atomic E-state index is 0.275. The number of fused-ring (bicyclic) bond motifs is 1. The van der Waals surface area contributed by atoms with Crippen molar-refractivity contribution in [1.82, 2.24) is 30.0 Å². The molecule has 1 aliphatic carbocycles. The second-order valence-corrected chi connectivity index (χ2v) is 8.65.